The SMILES string of the molecule is NC(=O)CCC(=O)N[C@@H](CSCCCC(=O)O)C(=O)N1CCC[C@H]1C(N)=O. The average molecular weight is 402 g/mol. The number of rotatable bonds is 12. The van der Waals surface area contributed by atoms with Crippen molar-refractivity contribution in [1.82, 2.24) is 10.2 Å². The highest BCUT2D eigenvalue weighted by Crippen LogP contribution is 2.19. The summed E-state index contributed by atoms with van der Waals surface area (Å²) in [6, 6.07) is -1.58. The van der Waals surface area contributed by atoms with E-state index in [1.54, 1.807) is 0 Å². The largest absolute Gasteiger partial charge is 0.481 e. The molecular weight excluding hydrogens is 376 g/mol. The number of carbonyl (C=O) groups excluding carboxylic acids is 4. The van der Waals surface area contributed by atoms with Crippen LogP contribution < -0.4 is 16.8 Å². The van der Waals surface area contributed by atoms with E-state index in [0.29, 0.717) is 31.6 Å². The fraction of sp³-hybridized carbons (Fsp3) is 0.688. The molecule has 2 atom stereocenters. The number of amides is 4. The van der Waals surface area contributed by atoms with Gasteiger partial charge in [-0.1, -0.05) is 0 Å². The molecule has 0 radical (unpaired) electrons. The molecule has 10 nitrogen and oxygen atoms in total. The van der Waals surface area contributed by atoms with E-state index >= 15 is 0 Å². The van der Waals surface area contributed by atoms with E-state index in [-0.39, 0.29) is 25.0 Å². The summed E-state index contributed by atoms with van der Waals surface area (Å²) in [4.78, 5) is 59.1. The minimum Gasteiger partial charge on any atom is -0.481 e. The second kappa shape index (κ2) is 11.4. The number of carboxylic acid groups (broad SMARTS) is 1. The Labute approximate surface area is 161 Å². The summed E-state index contributed by atoms with van der Waals surface area (Å²) in [6.07, 6.45) is 1.31. The van der Waals surface area contributed by atoms with E-state index in [9.17, 15) is 24.0 Å². The minimum atomic E-state index is -0.899. The Morgan fingerprint density at radius 2 is 1.85 bits per heavy atom. The summed E-state index contributed by atoms with van der Waals surface area (Å²) in [6.45, 7) is 0.379. The number of carboxylic acids is 1. The number of hydrogen-bond donors (Lipinski definition) is 4. The fourth-order valence-electron chi connectivity index (χ4n) is 2.73. The maximum Gasteiger partial charge on any atom is 0.303 e. The van der Waals surface area contributed by atoms with Crippen LogP contribution in [0.1, 0.15) is 38.5 Å². The van der Waals surface area contributed by atoms with Crippen LogP contribution in [-0.4, -0.2) is 69.7 Å². The van der Waals surface area contributed by atoms with Gasteiger partial charge in [-0.05, 0) is 25.0 Å². The van der Waals surface area contributed by atoms with Gasteiger partial charge in [-0.2, -0.15) is 11.8 Å². The van der Waals surface area contributed by atoms with Gasteiger partial charge in [-0.25, -0.2) is 0 Å². The maximum absolute atomic E-state index is 12.8. The number of nitrogens with one attached hydrogen (secondary N) is 1. The predicted octanol–water partition coefficient (Wildman–Crippen LogP) is -1.19. The van der Waals surface area contributed by atoms with Crippen LogP contribution in [0, 0.1) is 0 Å². The summed E-state index contributed by atoms with van der Waals surface area (Å²) in [5.74, 6) is -2.28. The zero-order valence-corrected chi connectivity index (χ0v) is 15.8. The average Bonchev–Trinajstić information content (AvgIpc) is 3.07. The van der Waals surface area contributed by atoms with Crippen molar-refractivity contribution in [2.45, 2.75) is 50.6 Å². The van der Waals surface area contributed by atoms with Crippen molar-refractivity contribution >= 4 is 41.4 Å². The van der Waals surface area contributed by atoms with Crippen molar-refractivity contribution in [3.63, 3.8) is 0 Å². The first kappa shape index (κ1) is 22.7. The van der Waals surface area contributed by atoms with Gasteiger partial charge in [0.15, 0.2) is 0 Å². The van der Waals surface area contributed by atoms with Gasteiger partial charge < -0.3 is 26.8 Å². The lowest BCUT2D eigenvalue weighted by atomic mass is 10.2. The molecule has 4 amide bonds. The topological polar surface area (TPSA) is 173 Å². The Kier molecular flexibility index (Phi) is 9.62. The maximum atomic E-state index is 12.8. The molecule has 1 fully saturated rings. The Balaban J connectivity index is 2.68. The van der Waals surface area contributed by atoms with Crippen molar-refractivity contribution in [1.29, 1.82) is 0 Å². The number of hydrogen-bond acceptors (Lipinski definition) is 6. The van der Waals surface area contributed by atoms with Gasteiger partial charge in [0.2, 0.25) is 23.6 Å². The summed E-state index contributed by atoms with van der Waals surface area (Å²) in [5.41, 5.74) is 10.4. The first-order valence-corrected chi connectivity index (χ1v) is 9.84. The molecule has 0 aliphatic carbocycles. The monoisotopic (exact) mass is 402 g/mol. The molecule has 0 aromatic rings. The van der Waals surface area contributed by atoms with Crippen LogP contribution in [0.15, 0.2) is 0 Å². The summed E-state index contributed by atoms with van der Waals surface area (Å²) < 4.78 is 0. The lowest BCUT2D eigenvalue weighted by Gasteiger charge is -2.27. The van der Waals surface area contributed by atoms with Gasteiger partial charge in [0, 0.05) is 31.6 Å². The van der Waals surface area contributed by atoms with E-state index in [1.807, 2.05) is 0 Å². The van der Waals surface area contributed by atoms with Crippen molar-refractivity contribution in [2.75, 3.05) is 18.1 Å². The third-order valence-corrected chi connectivity index (χ3v) is 5.21. The molecule has 1 heterocycles. The van der Waals surface area contributed by atoms with E-state index in [0.717, 1.165) is 0 Å². The van der Waals surface area contributed by atoms with Crippen molar-refractivity contribution in [3.8, 4) is 0 Å². The van der Waals surface area contributed by atoms with E-state index in [4.69, 9.17) is 16.6 Å². The molecule has 6 N–H and O–H groups in total. The quantitative estimate of drug-likeness (QED) is 0.297. The Morgan fingerprint density at radius 3 is 2.44 bits per heavy atom. The van der Waals surface area contributed by atoms with Crippen LogP contribution in [-0.2, 0) is 24.0 Å². The lowest BCUT2D eigenvalue weighted by molar-refractivity contribution is -0.140. The van der Waals surface area contributed by atoms with Gasteiger partial charge >= 0.3 is 5.97 Å². The standard InChI is InChI=1S/C16H26N4O6S/c17-12(21)5-6-13(22)19-10(9-27-8-2-4-14(23)24)16(26)20-7-1-3-11(20)15(18)25/h10-11H,1-9H2,(H2,17,21)(H2,18,25)(H,19,22)(H,23,24)/t10-,11-/m0/s1. The normalized spacial score (nSPS) is 17.3. The molecule has 11 heteroatoms. The molecule has 1 rings (SSSR count). The lowest BCUT2D eigenvalue weighted by Crippen LogP contribution is -2.53. The van der Waals surface area contributed by atoms with Gasteiger partial charge in [0.1, 0.15) is 12.1 Å². The number of carbonyl (C=O) groups is 5. The predicted molar refractivity (Wildman–Crippen MR) is 98.5 cm³/mol. The Bertz CT molecular complexity index is 585. The van der Waals surface area contributed by atoms with Crippen molar-refractivity contribution < 1.29 is 29.1 Å². The molecule has 152 valence electrons. The van der Waals surface area contributed by atoms with E-state index in [2.05, 4.69) is 5.32 Å². The summed E-state index contributed by atoms with van der Waals surface area (Å²) in [7, 11) is 0. The number of nitrogens with zero attached hydrogens (tertiary/aromatic N) is 1. The zero-order chi connectivity index (χ0) is 20.4. The smallest absolute Gasteiger partial charge is 0.303 e. The van der Waals surface area contributed by atoms with Gasteiger partial charge in [0.25, 0.3) is 0 Å². The van der Waals surface area contributed by atoms with Gasteiger partial charge in [-0.3, -0.25) is 24.0 Å². The Morgan fingerprint density at radius 1 is 1.15 bits per heavy atom. The Hall–Kier alpha value is -2.30. The van der Waals surface area contributed by atoms with Crippen LogP contribution in [0.5, 0.6) is 0 Å². The molecule has 0 aromatic carbocycles. The molecule has 1 saturated heterocycles. The van der Waals surface area contributed by atoms with Crippen LogP contribution in [0.3, 0.4) is 0 Å². The van der Waals surface area contributed by atoms with E-state index < -0.39 is 41.7 Å². The molecule has 0 spiro atoms. The van der Waals surface area contributed by atoms with Crippen LogP contribution in [0.2, 0.25) is 0 Å². The molecule has 1 aliphatic heterocycles. The van der Waals surface area contributed by atoms with Crippen LogP contribution >= 0.6 is 11.8 Å². The van der Waals surface area contributed by atoms with Gasteiger partial charge in [-0.15, -0.1) is 0 Å². The fourth-order valence-corrected chi connectivity index (χ4v) is 3.71. The molecule has 0 bridgehead atoms. The van der Waals surface area contributed by atoms with Crippen LogP contribution in [0.25, 0.3) is 0 Å². The van der Waals surface area contributed by atoms with Crippen LogP contribution in [0.4, 0.5) is 0 Å². The first-order valence-electron chi connectivity index (χ1n) is 8.69. The number of likely N-dealkylation sites (tertiary alicyclic amines) is 1. The highest BCUT2D eigenvalue weighted by Gasteiger charge is 2.36. The van der Waals surface area contributed by atoms with Crippen molar-refractivity contribution in [2.24, 2.45) is 11.5 Å². The third-order valence-electron chi connectivity index (χ3n) is 4.06. The zero-order valence-electron chi connectivity index (χ0n) is 15.0. The molecule has 0 aromatic heterocycles. The first-order chi connectivity index (χ1) is 12.7. The number of thioether (sulfide) groups is 1. The second-order valence-electron chi connectivity index (χ2n) is 6.25. The molecule has 0 saturated carbocycles. The highest BCUT2D eigenvalue weighted by atomic mass is 32.2. The second-order valence-corrected chi connectivity index (χ2v) is 7.40. The summed E-state index contributed by atoms with van der Waals surface area (Å²) >= 11 is 1.33. The molecular formula is C16H26N4O6S. The molecule has 1 aliphatic rings. The number of aliphatic carboxylic acids is 1. The molecule has 0 unspecified atom stereocenters. The van der Waals surface area contributed by atoms with E-state index in [1.165, 1.54) is 16.7 Å². The summed E-state index contributed by atoms with van der Waals surface area (Å²) in [5, 5.41) is 11.2. The highest BCUT2D eigenvalue weighted by molar-refractivity contribution is 7.99. The minimum absolute atomic E-state index is 0.0203. The molecule has 27 heavy (non-hydrogen) atoms. The number of nitrogens with two attached hydrogens (primary N) is 2. The van der Waals surface area contributed by atoms with Crippen molar-refractivity contribution in [3.05, 3.63) is 0 Å². The van der Waals surface area contributed by atoms with Gasteiger partial charge in [0.05, 0.1) is 0 Å². The third kappa shape index (κ3) is 8.29. The number of primary amides is 2.